The van der Waals surface area contributed by atoms with Crippen molar-refractivity contribution in [2.75, 3.05) is 13.7 Å². The smallest absolute Gasteiger partial charge is 0.238 e. The fraction of sp³-hybridized carbons (Fsp3) is 0.350. The number of fused-ring (bicyclic) bond motifs is 2. The van der Waals surface area contributed by atoms with Gasteiger partial charge in [0.1, 0.15) is 34.3 Å². The maximum Gasteiger partial charge on any atom is 0.238 e. The second-order valence-electron chi connectivity index (χ2n) is 6.80. The molecule has 0 radical (unpaired) electrons. The molecule has 0 bridgehead atoms. The quantitative estimate of drug-likeness (QED) is 0.816. The van der Waals surface area contributed by atoms with Crippen LogP contribution in [-0.4, -0.2) is 29.5 Å². The lowest BCUT2D eigenvalue weighted by molar-refractivity contribution is 0.0631. The Morgan fingerprint density at radius 2 is 2.12 bits per heavy atom. The van der Waals surface area contributed by atoms with Gasteiger partial charge in [0.15, 0.2) is 0 Å². The largest absolute Gasteiger partial charge is 0.506 e. The number of ether oxygens (including phenoxy) is 2. The van der Waals surface area contributed by atoms with Gasteiger partial charge in [-0.05, 0) is 39.3 Å². The fourth-order valence-electron chi connectivity index (χ4n) is 2.91. The van der Waals surface area contributed by atoms with E-state index < -0.39 is 11.0 Å². The molecule has 1 aliphatic heterocycles. The van der Waals surface area contributed by atoms with Gasteiger partial charge in [0.2, 0.25) is 11.2 Å². The molecule has 1 aliphatic rings. The maximum absolute atomic E-state index is 12.7. The van der Waals surface area contributed by atoms with E-state index in [4.69, 9.17) is 13.9 Å². The van der Waals surface area contributed by atoms with Crippen LogP contribution < -0.4 is 14.9 Å². The molecule has 6 heteroatoms. The number of hydrogen-bond donors (Lipinski definition) is 2. The van der Waals surface area contributed by atoms with Crippen LogP contribution in [0.25, 0.3) is 17.0 Å². The van der Waals surface area contributed by atoms with E-state index in [0.29, 0.717) is 23.3 Å². The molecule has 2 heterocycles. The molecule has 6 nitrogen and oxygen atoms in total. The number of aliphatic hydroxyl groups excluding tert-OH is 1. The third kappa shape index (κ3) is 2.86. The highest BCUT2D eigenvalue weighted by Gasteiger charge is 2.32. The van der Waals surface area contributed by atoms with Crippen molar-refractivity contribution in [1.29, 1.82) is 0 Å². The number of allylic oxidation sites excluding steroid dienone is 2. The monoisotopic (exact) mass is 358 g/mol. The lowest BCUT2D eigenvalue weighted by atomic mass is 9.94. The lowest BCUT2D eigenvalue weighted by Gasteiger charge is -2.31. The molecule has 26 heavy (non-hydrogen) atoms. The number of aromatic hydroxyl groups is 1. The second-order valence-corrected chi connectivity index (χ2v) is 6.80. The Bertz CT molecular complexity index is 978. The van der Waals surface area contributed by atoms with E-state index in [1.807, 2.05) is 19.9 Å². The van der Waals surface area contributed by atoms with Crippen LogP contribution in [0.5, 0.6) is 17.2 Å². The minimum absolute atomic E-state index is 0.0156. The zero-order chi connectivity index (χ0) is 19.1. The van der Waals surface area contributed by atoms with E-state index in [1.54, 1.807) is 19.1 Å². The Kier molecular flexibility index (Phi) is 4.54. The number of phenolic OH excluding ortho intramolecular Hbond substituents is 1. The van der Waals surface area contributed by atoms with E-state index in [9.17, 15) is 15.0 Å². The van der Waals surface area contributed by atoms with Crippen molar-refractivity contribution in [2.45, 2.75) is 32.8 Å². The van der Waals surface area contributed by atoms with Gasteiger partial charge in [-0.1, -0.05) is 11.6 Å². The minimum atomic E-state index is -0.917. The summed E-state index contributed by atoms with van der Waals surface area (Å²) in [4.78, 5) is 12.7. The molecular formula is C20H22O6. The first-order chi connectivity index (χ1) is 12.3. The molecule has 1 aromatic heterocycles. The first-order valence-corrected chi connectivity index (χ1v) is 8.31. The standard InChI is InChI=1S/C20H22O6/c1-11(2)5-6-13-18-12(7-8-20(3,10-21)26-18)16(22)15-17(23)14(24-4)9-25-19(13)15/h5,7-9,21-22H,6,10H2,1-4H3. The predicted octanol–water partition coefficient (Wildman–Crippen LogP) is 3.17. The number of hydrogen-bond acceptors (Lipinski definition) is 6. The lowest BCUT2D eigenvalue weighted by Crippen LogP contribution is -2.36. The highest BCUT2D eigenvalue weighted by molar-refractivity contribution is 5.94. The summed E-state index contributed by atoms with van der Waals surface area (Å²) < 4.78 is 16.7. The molecule has 0 saturated carbocycles. The summed E-state index contributed by atoms with van der Waals surface area (Å²) in [5.74, 6) is 0.196. The summed E-state index contributed by atoms with van der Waals surface area (Å²) in [6, 6.07) is 0. The third-order valence-electron chi connectivity index (χ3n) is 4.43. The average Bonchev–Trinajstić information content (AvgIpc) is 2.61. The van der Waals surface area contributed by atoms with Gasteiger partial charge in [-0.2, -0.15) is 0 Å². The van der Waals surface area contributed by atoms with Gasteiger partial charge in [0.25, 0.3) is 0 Å². The molecule has 0 fully saturated rings. The highest BCUT2D eigenvalue weighted by atomic mass is 16.5. The van der Waals surface area contributed by atoms with Gasteiger partial charge < -0.3 is 24.1 Å². The number of aliphatic hydroxyl groups is 1. The van der Waals surface area contributed by atoms with Crippen LogP contribution in [0.4, 0.5) is 0 Å². The SMILES string of the molecule is COc1coc2c(CC=C(C)C)c3c(c(O)c2c1=O)C=CC(C)(CO)O3. The molecule has 0 amide bonds. The van der Waals surface area contributed by atoms with Gasteiger partial charge in [0.05, 0.1) is 19.3 Å². The maximum atomic E-state index is 12.7. The Hall–Kier alpha value is -2.73. The van der Waals surface area contributed by atoms with Gasteiger partial charge >= 0.3 is 0 Å². The molecule has 0 spiro atoms. The van der Waals surface area contributed by atoms with E-state index >= 15 is 0 Å². The van der Waals surface area contributed by atoms with E-state index in [1.165, 1.54) is 13.4 Å². The molecule has 1 unspecified atom stereocenters. The third-order valence-corrected chi connectivity index (χ3v) is 4.43. The van der Waals surface area contributed by atoms with Crippen LogP contribution in [0.3, 0.4) is 0 Å². The van der Waals surface area contributed by atoms with Crippen molar-refractivity contribution in [3.05, 3.63) is 45.3 Å². The Labute approximate surface area is 151 Å². The number of phenols is 1. The molecule has 0 aliphatic carbocycles. The summed E-state index contributed by atoms with van der Waals surface area (Å²) in [6.45, 7) is 5.44. The zero-order valence-corrected chi connectivity index (χ0v) is 15.3. The summed E-state index contributed by atoms with van der Waals surface area (Å²) >= 11 is 0. The normalized spacial score (nSPS) is 18.3. The second kappa shape index (κ2) is 6.53. The van der Waals surface area contributed by atoms with Crippen molar-refractivity contribution in [2.24, 2.45) is 0 Å². The van der Waals surface area contributed by atoms with Crippen molar-refractivity contribution < 1.29 is 24.1 Å². The van der Waals surface area contributed by atoms with Crippen LogP contribution in [0.15, 0.2) is 33.2 Å². The number of benzene rings is 1. The van der Waals surface area contributed by atoms with Crippen LogP contribution in [0.2, 0.25) is 0 Å². The first-order valence-electron chi connectivity index (χ1n) is 8.31. The van der Waals surface area contributed by atoms with Crippen molar-refractivity contribution in [3.8, 4) is 17.2 Å². The van der Waals surface area contributed by atoms with E-state index in [2.05, 4.69) is 0 Å². The molecule has 2 aromatic rings. The first kappa shape index (κ1) is 18.1. The average molecular weight is 358 g/mol. The summed E-state index contributed by atoms with van der Waals surface area (Å²) in [6.07, 6.45) is 6.98. The zero-order valence-electron chi connectivity index (χ0n) is 15.3. The van der Waals surface area contributed by atoms with Crippen molar-refractivity contribution in [3.63, 3.8) is 0 Å². The van der Waals surface area contributed by atoms with Crippen LogP contribution >= 0.6 is 0 Å². The molecule has 2 N–H and O–H groups in total. The molecule has 3 rings (SSSR count). The summed E-state index contributed by atoms with van der Waals surface area (Å²) in [7, 11) is 1.37. The van der Waals surface area contributed by atoms with Gasteiger partial charge in [-0.25, -0.2) is 0 Å². The van der Waals surface area contributed by atoms with Crippen LogP contribution in [0, 0.1) is 0 Å². The molecule has 0 saturated heterocycles. The van der Waals surface area contributed by atoms with Gasteiger partial charge in [0, 0.05) is 5.56 Å². The van der Waals surface area contributed by atoms with Gasteiger partial charge in [-0.15, -0.1) is 0 Å². The van der Waals surface area contributed by atoms with Gasteiger partial charge in [-0.3, -0.25) is 4.79 Å². The van der Waals surface area contributed by atoms with E-state index in [0.717, 1.165) is 5.57 Å². The van der Waals surface area contributed by atoms with Crippen LogP contribution in [-0.2, 0) is 6.42 Å². The Morgan fingerprint density at radius 3 is 2.73 bits per heavy atom. The molecule has 1 aromatic carbocycles. The topological polar surface area (TPSA) is 89.1 Å². The predicted molar refractivity (Wildman–Crippen MR) is 99.0 cm³/mol. The number of methoxy groups -OCH3 is 1. The minimum Gasteiger partial charge on any atom is -0.506 e. The highest BCUT2D eigenvalue weighted by Crippen LogP contribution is 2.44. The van der Waals surface area contributed by atoms with Crippen molar-refractivity contribution in [1.82, 2.24) is 0 Å². The van der Waals surface area contributed by atoms with Crippen LogP contribution in [0.1, 0.15) is 31.9 Å². The summed E-state index contributed by atoms with van der Waals surface area (Å²) in [5, 5.41) is 20.4. The van der Waals surface area contributed by atoms with Crippen molar-refractivity contribution >= 4 is 17.0 Å². The molecular weight excluding hydrogens is 336 g/mol. The van der Waals surface area contributed by atoms with E-state index in [-0.39, 0.29) is 29.1 Å². The Morgan fingerprint density at radius 1 is 1.38 bits per heavy atom. The fourth-order valence-corrected chi connectivity index (χ4v) is 2.91. The molecule has 1 atom stereocenters. The molecule has 138 valence electrons. The summed E-state index contributed by atoms with van der Waals surface area (Å²) in [5.41, 5.74) is 1.00. The number of rotatable bonds is 4. The Balaban J connectivity index is 2.40.